The maximum Gasteiger partial charge on any atom is 0.290 e. The van der Waals surface area contributed by atoms with E-state index in [9.17, 15) is 9.59 Å². The second-order valence-corrected chi connectivity index (χ2v) is 10.1. The van der Waals surface area contributed by atoms with Crippen LogP contribution in [0.4, 0.5) is 0 Å². The molecule has 0 atom stereocenters. The van der Waals surface area contributed by atoms with Crippen molar-refractivity contribution in [2.75, 3.05) is 26.2 Å². The Morgan fingerprint density at radius 2 is 1.88 bits per heavy atom. The molecule has 5 heterocycles. The molecule has 3 aromatic rings. The van der Waals surface area contributed by atoms with E-state index in [1.54, 1.807) is 24.5 Å². The van der Waals surface area contributed by atoms with E-state index in [4.69, 9.17) is 9.90 Å². The molecule has 2 fully saturated rings. The minimum absolute atomic E-state index is 0.00464. The first-order chi connectivity index (χ1) is 16.1. The monoisotopic (exact) mass is 469 g/mol. The normalized spacial score (nSPS) is 17.8. The molecule has 0 bridgehead atoms. The zero-order chi connectivity index (χ0) is 24.7. The Kier molecular flexibility index (Phi) is 6.07. The van der Waals surface area contributed by atoms with Gasteiger partial charge in [-0.25, -0.2) is 9.20 Å². The van der Waals surface area contributed by atoms with Crippen LogP contribution in [0, 0.1) is 12.3 Å². The molecule has 5 rings (SSSR count). The molecule has 11 nitrogen and oxygen atoms in total. The third kappa shape index (κ3) is 4.23. The number of fused-ring (bicyclic) bond motifs is 1. The molecular weight excluding hydrogens is 438 g/mol. The molecule has 2 aliphatic heterocycles. The van der Waals surface area contributed by atoms with Crippen LogP contribution < -0.4 is 5.56 Å². The summed E-state index contributed by atoms with van der Waals surface area (Å²) in [5.74, 6) is 0.287. The molecule has 11 heteroatoms. The van der Waals surface area contributed by atoms with E-state index in [2.05, 4.69) is 40.9 Å². The molecular formula is C23H31N7O4. The topological polar surface area (TPSA) is 129 Å². The molecule has 0 aliphatic carbocycles. The number of likely N-dealkylation sites (tertiary alicyclic amines) is 2. The van der Waals surface area contributed by atoms with Crippen molar-refractivity contribution in [3.05, 3.63) is 46.1 Å². The molecule has 0 saturated carbocycles. The van der Waals surface area contributed by atoms with Gasteiger partial charge in [-0.3, -0.25) is 24.3 Å². The number of carboxylic acid groups (broad SMARTS) is 1. The zero-order valence-corrected chi connectivity index (χ0v) is 20.0. The number of hydrogen-bond acceptors (Lipinski definition) is 6. The third-order valence-electron chi connectivity index (χ3n) is 6.94. The Hall–Kier alpha value is -3.47. The number of nitrogens with one attached hydrogen (secondary N) is 1. The highest BCUT2D eigenvalue weighted by molar-refractivity contribution is 5.95. The summed E-state index contributed by atoms with van der Waals surface area (Å²) in [6.07, 6.45) is 5.37. The minimum atomic E-state index is -0.250. The van der Waals surface area contributed by atoms with Gasteiger partial charge in [-0.2, -0.15) is 5.10 Å². The number of amides is 1. The maximum atomic E-state index is 13.2. The number of rotatable bonds is 2. The molecule has 0 radical (unpaired) electrons. The first-order valence-electron chi connectivity index (χ1n) is 11.3. The highest BCUT2D eigenvalue weighted by atomic mass is 16.3. The van der Waals surface area contributed by atoms with Crippen LogP contribution in [-0.4, -0.2) is 83.4 Å². The van der Waals surface area contributed by atoms with Crippen LogP contribution >= 0.6 is 0 Å². The fourth-order valence-electron chi connectivity index (χ4n) is 4.77. The molecule has 2 aliphatic rings. The predicted octanol–water partition coefficient (Wildman–Crippen LogP) is 1.55. The first kappa shape index (κ1) is 23.7. The van der Waals surface area contributed by atoms with Crippen LogP contribution in [0.3, 0.4) is 0 Å². The summed E-state index contributed by atoms with van der Waals surface area (Å²) >= 11 is 0. The Bertz CT molecular complexity index is 1250. The van der Waals surface area contributed by atoms with Gasteiger partial charge in [-0.05, 0) is 58.1 Å². The molecule has 34 heavy (non-hydrogen) atoms. The molecule has 182 valence electrons. The molecule has 0 unspecified atom stereocenters. The van der Waals surface area contributed by atoms with Crippen LogP contribution in [0.2, 0.25) is 0 Å². The molecule has 2 saturated heterocycles. The highest BCUT2D eigenvalue weighted by Gasteiger charge is 2.48. The fourth-order valence-corrected chi connectivity index (χ4v) is 4.77. The average Bonchev–Trinajstić information content (AvgIpc) is 3.38. The van der Waals surface area contributed by atoms with E-state index in [1.807, 2.05) is 11.8 Å². The van der Waals surface area contributed by atoms with Gasteiger partial charge in [0.2, 0.25) is 5.95 Å². The lowest BCUT2D eigenvalue weighted by Gasteiger charge is -2.58. The van der Waals surface area contributed by atoms with Crippen LogP contribution in [0.5, 0.6) is 0 Å². The third-order valence-corrected chi connectivity index (χ3v) is 6.94. The first-order valence-corrected chi connectivity index (χ1v) is 11.3. The van der Waals surface area contributed by atoms with Crippen LogP contribution in [0.1, 0.15) is 49.7 Å². The molecule has 1 amide bonds. The van der Waals surface area contributed by atoms with Crippen molar-refractivity contribution < 1.29 is 14.7 Å². The van der Waals surface area contributed by atoms with Gasteiger partial charge in [0.25, 0.3) is 17.9 Å². The van der Waals surface area contributed by atoms with E-state index >= 15 is 0 Å². The van der Waals surface area contributed by atoms with Crippen LogP contribution in [0.15, 0.2) is 29.3 Å². The van der Waals surface area contributed by atoms with Gasteiger partial charge in [0.05, 0.1) is 17.5 Å². The second kappa shape index (κ2) is 8.71. The number of aromatic nitrogens is 5. The SMILES string of the molecule is Cc1c(C(=O)N2CCC3(CC2)CN(C(C)(C)C)C3)cnn1-c1nn2cccc2c(=O)[nH]1.O=CO. The number of aromatic amines is 1. The predicted molar refractivity (Wildman–Crippen MR) is 125 cm³/mol. The minimum Gasteiger partial charge on any atom is -0.483 e. The van der Waals surface area contributed by atoms with Crippen molar-refractivity contribution in [3.8, 4) is 5.95 Å². The molecule has 1 spiro atoms. The van der Waals surface area contributed by atoms with Gasteiger partial charge in [0.1, 0.15) is 5.52 Å². The molecule has 0 aromatic carbocycles. The lowest BCUT2D eigenvalue weighted by Crippen LogP contribution is -2.65. The quantitative estimate of drug-likeness (QED) is 0.545. The summed E-state index contributed by atoms with van der Waals surface area (Å²) in [7, 11) is 0. The van der Waals surface area contributed by atoms with Crippen molar-refractivity contribution in [1.82, 2.24) is 34.2 Å². The average molecular weight is 470 g/mol. The Morgan fingerprint density at radius 3 is 2.50 bits per heavy atom. The van der Waals surface area contributed by atoms with Gasteiger partial charge in [-0.1, -0.05) is 0 Å². The second-order valence-electron chi connectivity index (χ2n) is 10.1. The number of nitrogens with zero attached hydrogens (tertiary/aromatic N) is 6. The summed E-state index contributed by atoms with van der Waals surface area (Å²) in [6, 6.07) is 3.46. The van der Waals surface area contributed by atoms with E-state index < -0.39 is 0 Å². The molecule has 3 aromatic heterocycles. The van der Waals surface area contributed by atoms with Crippen molar-refractivity contribution in [2.45, 2.75) is 46.1 Å². The molecule has 2 N–H and O–H groups in total. The van der Waals surface area contributed by atoms with Crippen molar-refractivity contribution in [1.29, 1.82) is 0 Å². The van der Waals surface area contributed by atoms with E-state index in [0.29, 0.717) is 28.1 Å². The zero-order valence-electron chi connectivity index (χ0n) is 20.0. The van der Waals surface area contributed by atoms with Crippen molar-refractivity contribution in [2.24, 2.45) is 5.41 Å². The van der Waals surface area contributed by atoms with E-state index in [1.165, 1.54) is 9.20 Å². The van der Waals surface area contributed by atoms with Gasteiger partial charge in [0, 0.05) is 37.9 Å². The van der Waals surface area contributed by atoms with Gasteiger partial charge < -0.3 is 10.0 Å². The van der Waals surface area contributed by atoms with E-state index in [-0.39, 0.29) is 23.5 Å². The van der Waals surface area contributed by atoms with Gasteiger partial charge in [0.15, 0.2) is 0 Å². The van der Waals surface area contributed by atoms with Crippen LogP contribution in [-0.2, 0) is 4.79 Å². The standard InChI is InChI=1S/C22H29N7O2.CH2O2/c1-15-16(12-23-29(15)20-24-18(30)17-6-5-9-28(17)25-20)19(31)26-10-7-22(8-11-26)13-27(14-22)21(2,3)4;2-1-3/h5-6,9,12H,7-8,10-11,13-14H2,1-4H3,(H,24,25,30);1H,(H,2,3). The fraction of sp³-hybridized carbons (Fsp3) is 0.522. The summed E-state index contributed by atoms with van der Waals surface area (Å²) in [5.41, 5.74) is 2.01. The highest BCUT2D eigenvalue weighted by Crippen LogP contribution is 2.43. The van der Waals surface area contributed by atoms with Gasteiger partial charge in [-0.15, -0.1) is 5.10 Å². The number of carbonyl (C=O) groups is 2. The van der Waals surface area contributed by atoms with Gasteiger partial charge >= 0.3 is 0 Å². The largest absolute Gasteiger partial charge is 0.483 e. The Labute approximate surface area is 197 Å². The van der Waals surface area contributed by atoms with Crippen molar-refractivity contribution in [3.63, 3.8) is 0 Å². The smallest absolute Gasteiger partial charge is 0.290 e. The van der Waals surface area contributed by atoms with Crippen molar-refractivity contribution >= 4 is 17.9 Å². The van der Waals surface area contributed by atoms with Crippen LogP contribution in [0.25, 0.3) is 11.5 Å². The lowest BCUT2D eigenvalue weighted by atomic mass is 9.70. The Balaban J connectivity index is 0.000000868. The number of H-pyrrole nitrogens is 1. The summed E-state index contributed by atoms with van der Waals surface area (Å²) in [5, 5.41) is 15.6. The maximum absolute atomic E-state index is 13.2. The summed E-state index contributed by atoms with van der Waals surface area (Å²) in [4.78, 5) is 41.1. The number of piperidine rings is 1. The number of carbonyl (C=O) groups excluding carboxylic acids is 1. The summed E-state index contributed by atoms with van der Waals surface area (Å²) in [6.45, 7) is 12.1. The summed E-state index contributed by atoms with van der Waals surface area (Å²) < 4.78 is 3.03. The van der Waals surface area contributed by atoms with E-state index in [0.717, 1.165) is 39.0 Å². The Morgan fingerprint density at radius 1 is 1.24 bits per heavy atom. The number of hydrogen-bond donors (Lipinski definition) is 2. The lowest BCUT2D eigenvalue weighted by molar-refractivity contribution is -0.122.